The van der Waals surface area contributed by atoms with E-state index in [1.807, 2.05) is 19.9 Å². The summed E-state index contributed by atoms with van der Waals surface area (Å²) < 4.78 is 10.0. The van der Waals surface area contributed by atoms with Crippen molar-refractivity contribution in [3.05, 3.63) is 23.3 Å². The molecule has 0 saturated heterocycles. The Bertz CT molecular complexity index is 730. The van der Waals surface area contributed by atoms with Gasteiger partial charge in [-0.25, -0.2) is 4.79 Å². The van der Waals surface area contributed by atoms with Gasteiger partial charge in [-0.1, -0.05) is 119 Å². The molecule has 0 bridgehead atoms. The van der Waals surface area contributed by atoms with Gasteiger partial charge in [0.25, 0.3) is 0 Å². The van der Waals surface area contributed by atoms with E-state index in [0.29, 0.717) is 12.3 Å². The molecule has 0 radical (unpaired) electrons. The predicted octanol–water partition coefficient (Wildman–Crippen LogP) is 9.54. The van der Waals surface area contributed by atoms with E-state index in [-0.39, 0.29) is 28.9 Å². The average Bonchev–Trinajstić information content (AvgIpc) is 2.87. The summed E-state index contributed by atoms with van der Waals surface area (Å²) in [5.74, 6) is 0.657. The van der Waals surface area contributed by atoms with Crippen LogP contribution in [0.15, 0.2) is 23.3 Å². The van der Waals surface area contributed by atoms with Crippen molar-refractivity contribution in [2.45, 2.75) is 124 Å². The van der Waals surface area contributed by atoms with Gasteiger partial charge in [0.15, 0.2) is 0 Å². The van der Waals surface area contributed by atoms with Gasteiger partial charge in [-0.3, -0.25) is 9.59 Å². The molecule has 0 saturated carbocycles. The molecular formula is C31H54O5S2. The Hall–Kier alpha value is -1.21. The van der Waals surface area contributed by atoms with Gasteiger partial charge in [-0.15, -0.1) is 0 Å². The van der Waals surface area contributed by atoms with Crippen LogP contribution in [0.1, 0.15) is 119 Å². The average molecular weight is 571 g/mol. The van der Waals surface area contributed by atoms with Crippen molar-refractivity contribution in [1.82, 2.24) is 0 Å². The van der Waals surface area contributed by atoms with Gasteiger partial charge in [0, 0.05) is 11.8 Å². The number of unbranched alkanes of at least 4 members (excludes halogenated alkanes) is 9. The van der Waals surface area contributed by atoms with E-state index < -0.39 is 5.25 Å². The molecule has 0 spiro atoms. The number of methoxy groups -OCH3 is 1. The molecule has 0 aromatic heterocycles. The molecule has 220 valence electrons. The fourth-order valence-electron chi connectivity index (χ4n) is 4.26. The molecule has 2 atom stereocenters. The lowest BCUT2D eigenvalue weighted by Crippen LogP contribution is -2.23. The number of hydrogen-bond donors (Lipinski definition) is 0. The zero-order valence-electron chi connectivity index (χ0n) is 25.1. The summed E-state index contributed by atoms with van der Waals surface area (Å²) in [5, 5.41) is -0.646. The minimum Gasteiger partial charge on any atom is -0.466 e. The largest absolute Gasteiger partial charge is 0.466 e. The minimum absolute atomic E-state index is 0.0350. The molecule has 1 unspecified atom stereocenters. The highest BCUT2D eigenvalue weighted by Gasteiger charge is 2.26. The summed E-state index contributed by atoms with van der Waals surface area (Å²) in [6.45, 7) is 12.4. The van der Waals surface area contributed by atoms with Crippen LogP contribution in [0.5, 0.6) is 0 Å². The van der Waals surface area contributed by atoms with Crippen LogP contribution in [-0.2, 0) is 19.1 Å². The molecule has 0 aromatic carbocycles. The summed E-state index contributed by atoms with van der Waals surface area (Å²) in [5.41, 5.74) is 1.78. The van der Waals surface area contributed by atoms with Gasteiger partial charge in [0.1, 0.15) is 5.25 Å². The number of rotatable bonds is 21. The lowest BCUT2D eigenvalue weighted by atomic mass is 9.87. The highest BCUT2D eigenvalue weighted by atomic mass is 32.2. The lowest BCUT2D eigenvalue weighted by Gasteiger charge is -2.20. The van der Waals surface area contributed by atoms with E-state index in [1.54, 1.807) is 13.0 Å². The zero-order valence-corrected chi connectivity index (χ0v) is 26.8. The van der Waals surface area contributed by atoms with E-state index in [2.05, 4.69) is 20.8 Å². The van der Waals surface area contributed by atoms with Gasteiger partial charge < -0.3 is 9.47 Å². The second-order valence-corrected chi connectivity index (χ2v) is 12.9. The standard InChI is InChI=1S/C31H54O5S2/c1-8-10-11-12-13-14-15-16-17-18-21-37-31(34)38-29(30(33)36-9-2)25(5)19-20-27(22-24(3)4)26(6)23-28(32)35-7/h19,23-24,27,29H,8-18,20-22H2,1-7H3/b25-19+,26-23?/t27?,29-/m1/s1. The number of allylic oxidation sites excluding steroid dienone is 2. The van der Waals surface area contributed by atoms with Crippen LogP contribution in [0.25, 0.3) is 0 Å². The first-order valence-electron chi connectivity index (χ1n) is 14.6. The normalized spacial score (nSPS) is 13.9. The van der Waals surface area contributed by atoms with Crippen molar-refractivity contribution in [1.29, 1.82) is 0 Å². The first-order chi connectivity index (χ1) is 18.2. The fourth-order valence-corrected chi connectivity index (χ4v) is 6.22. The number of ether oxygens (including phenoxy) is 2. The van der Waals surface area contributed by atoms with E-state index in [0.717, 1.165) is 47.9 Å². The Morgan fingerprint density at radius 3 is 1.95 bits per heavy atom. The maximum Gasteiger partial charge on any atom is 0.330 e. The SMILES string of the molecule is CCCCCCCCCCCCSC(=O)S[C@@H](C(=O)OCC)/C(C)=C/CC(CC(C)C)C(C)=CC(=O)OC. The molecule has 5 nitrogen and oxygen atoms in total. The van der Waals surface area contributed by atoms with Gasteiger partial charge in [-0.2, -0.15) is 0 Å². The third-order valence-electron chi connectivity index (χ3n) is 6.52. The predicted molar refractivity (Wildman–Crippen MR) is 165 cm³/mol. The van der Waals surface area contributed by atoms with Crippen molar-refractivity contribution in [3.8, 4) is 0 Å². The van der Waals surface area contributed by atoms with Gasteiger partial charge in [0.05, 0.1) is 13.7 Å². The van der Waals surface area contributed by atoms with Crippen LogP contribution >= 0.6 is 23.5 Å². The summed E-state index contributed by atoms with van der Waals surface area (Å²) in [4.78, 5) is 37.1. The maximum absolute atomic E-state index is 12.7. The Labute approximate surface area is 241 Å². The first-order valence-corrected chi connectivity index (χ1v) is 16.4. The molecule has 38 heavy (non-hydrogen) atoms. The second-order valence-electron chi connectivity index (χ2n) is 10.5. The highest BCUT2D eigenvalue weighted by Crippen LogP contribution is 2.30. The van der Waals surface area contributed by atoms with Crippen LogP contribution in [0, 0.1) is 11.8 Å². The molecule has 0 amide bonds. The lowest BCUT2D eigenvalue weighted by molar-refractivity contribution is -0.141. The summed E-state index contributed by atoms with van der Waals surface area (Å²) >= 11 is 2.37. The van der Waals surface area contributed by atoms with E-state index in [4.69, 9.17) is 9.47 Å². The van der Waals surface area contributed by atoms with Crippen LogP contribution < -0.4 is 0 Å². The first kappa shape index (κ1) is 36.8. The second kappa shape index (κ2) is 23.7. The molecule has 0 heterocycles. The maximum atomic E-state index is 12.7. The Kier molecular flexibility index (Phi) is 22.9. The van der Waals surface area contributed by atoms with Crippen molar-refractivity contribution in [3.63, 3.8) is 0 Å². The molecular weight excluding hydrogens is 516 g/mol. The molecule has 0 aliphatic carbocycles. The van der Waals surface area contributed by atoms with Gasteiger partial charge in [0.2, 0.25) is 4.45 Å². The Morgan fingerprint density at radius 1 is 0.842 bits per heavy atom. The van der Waals surface area contributed by atoms with Gasteiger partial charge >= 0.3 is 11.9 Å². The zero-order chi connectivity index (χ0) is 28.8. The van der Waals surface area contributed by atoms with Crippen molar-refractivity contribution < 1.29 is 23.9 Å². The molecule has 7 heteroatoms. The molecule has 0 aliphatic rings. The van der Waals surface area contributed by atoms with Crippen LogP contribution in [0.2, 0.25) is 0 Å². The topological polar surface area (TPSA) is 69.7 Å². The molecule has 0 aliphatic heterocycles. The summed E-state index contributed by atoms with van der Waals surface area (Å²) in [6, 6.07) is 0. The Balaban J connectivity index is 4.83. The molecule has 0 fully saturated rings. The number of thioether (sulfide) groups is 2. The summed E-state index contributed by atoms with van der Waals surface area (Å²) in [6.07, 6.45) is 17.8. The van der Waals surface area contributed by atoms with E-state index in [9.17, 15) is 14.4 Å². The third-order valence-corrected chi connectivity index (χ3v) is 8.88. The quantitative estimate of drug-likeness (QED) is 0.0589. The number of carbonyl (C=O) groups is 3. The summed E-state index contributed by atoms with van der Waals surface area (Å²) in [7, 11) is 1.38. The smallest absolute Gasteiger partial charge is 0.330 e. The number of esters is 2. The van der Waals surface area contributed by atoms with Crippen LogP contribution in [0.4, 0.5) is 4.79 Å². The molecule has 0 rings (SSSR count). The molecule has 0 N–H and O–H groups in total. The van der Waals surface area contributed by atoms with Gasteiger partial charge in [-0.05, 0) is 51.9 Å². The van der Waals surface area contributed by atoms with Crippen molar-refractivity contribution >= 4 is 39.9 Å². The Morgan fingerprint density at radius 2 is 1.42 bits per heavy atom. The minimum atomic E-state index is -0.646. The number of carbonyl (C=O) groups excluding carboxylic acids is 3. The fraction of sp³-hybridized carbons (Fsp3) is 0.774. The van der Waals surface area contributed by atoms with Crippen molar-refractivity contribution in [2.24, 2.45) is 11.8 Å². The van der Waals surface area contributed by atoms with E-state index >= 15 is 0 Å². The monoisotopic (exact) mass is 570 g/mol. The third kappa shape index (κ3) is 18.9. The van der Waals surface area contributed by atoms with E-state index in [1.165, 1.54) is 70.2 Å². The number of hydrogen-bond acceptors (Lipinski definition) is 7. The van der Waals surface area contributed by atoms with Crippen LogP contribution in [-0.4, -0.2) is 41.1 Å². The van der Waals surface area contributed by atoms with Crippen LogP contribution in [0.3, 0.4) is 0 Å². The van der Waals surface area contributed by atoms with Crippen molar-refractivity contribution in [2.75, 3.05) is 19.5 Å². The molecule has 0 aromatic rings. The highest BCUT2D eigenvalue weighted by molar-refractivity contribution is 8.39.